The molecule has 1 atom stereocenters. The molecule has 0 aliphatic rings. The van der Waals surface area contributed by atoms with Gasteiger partial charge in [-0.15, -0.1) is 0 Å². The molecule has 0 aromatic carbocycles. The zero-order valence-corrected chi connectivity index (χ0v) is 45.3. The molecule has 0 rings (SSSR count). The maximum Gasteiger partial charge on any atom is 0.306 e. The first-order chi connectivity index (χ1) is 34.0. The van der Waals surface area contributed by atoms with Crippen molar-refractivity contribution in [3.63, 3.8) is 0 Å². The fourth-order valence-corrected chi connectivity index (χ4v) is 8.07. The molecule has 0 saturated heterocycles. The van der Waals surface area contributed by atoms with Gasteiger partial charge in [0.2, 0.25) is 0 Å². The summed E-state index contributed by atoms with van der Waals surface area (Å²) in [5.74, 6) is -1.02. The molecule has 0 N–H and O–H groups in total. The monoisotopic (exact) mass is 961 g/mol. The lowest BCUT2D eigenvalue weighted by atomic mass is 10.0. The van der Waals surface area contributed by atoms with E-state index < -0.39 is 12.1 Å². The molecule has 6 heteroatoms. The highest BCUT2D eigenvalue weighted by molar-refractivity contribution is 5.71. The average molecular weight is 962 g/mol. The van der Waals surface area contributed by atoms with Crippen LogP contribution in [0.1, 0.15) is 278 Å². The van der Waals surface area contributed by atoms with E-state index in [4.69, 9.17) is 14.2 Å². The predicted molar refractivity (Wildman–Crippen MR) is 297 cm³/mol. The Kier molecular flexibility index (Phi) is 54.3. The van der Waals surface area contributed by atoms with Gasteiger partial charge in [0.15, 0.2) is 6.10 Å². The zero-order chi connectivity index (χ0) is 50.0. The Morgan fingerprint density at radius 3 is 1.01 bits per heavy atom. The number of esters is 3. The van der Waals surface area contributed by atoms with Gasteiger partial charge in [-0.1, -0.05) is 266 Å². The molecular formula is C63H108O6. The third-order valence-corrected chi connectivity index (χ3v) is 12.4. The van der Waals surface area contributed by atoms with Crippen LogP contribution in [0, 0.1) is 0 Å². The smallest absolute Gasteiger partial charge is 0.306 e. The standard InChI is InChI=1S/C63H108O6/c1-4-7-10-13-16-19-22-25-28-31-32-33-36-38-41-44-47-50-53-56-62(65)68-59-60(69-63(66)57-54-51-48-45-42-39-35-30-27-24-21-18-15-12-9-6-3)58-67-61(64)55-52-49-46-43-40-37-34-29-26-23-20-17-14-11-8-5-2/h9,12,18,21,27,29-30,34,37,39-40,42,48,51,60H,4-8,10-11,13-17,19-20,22-26,28,31-33,35-36,38,41,43-47,49-50,52-59H2,1-3H3/b12-9-,21-18-,30-27-,34-29-,40-37-,42-39-,51-48-. The Balaban J connectivity index is 4.48. The molecule has 0 radical (unpaired) electrons. The summed E-state index contributed by atoms with van der Waals surface area (Å²) >= 11 is 0. The van der Waals surface area contributed by atoms with Crippen LogP contribution in [-0.4, -0.2) is 37.2 Å². The maximum atomic E-state index is 12.8. The van der Waals surface area contributed by atoms with Crippen molar-refractivity contribution in [1.82, 2.24) is 0 Å². The Labute approximate surface area is 426 Å². The molecule has 0 amide bonds. The lowest BCUT2D eigenvalue weighted by Crippen LogP contribution is -2.30. The highest BCUT2D eigenvalue weighted by Crippen LogP contribution is 2.16. The number of hydrogen-bond acceptors (Lipinski definition) is 6. The normalized spacial score (nSPS) is 12.7. The Morgan fingerprint density at radius 2 is 0.638 bits per heavy atom. The molecule has 0 bridgehead atoms. The largest absolute Gasteiger partial charge is 0.462 e. The van der Waals surface area contributed by atoms with Gasteiger partial charge >= 0.3 is 17.9 Å². The first-order valence-electron chi connectivity index (χ1n) is 29.1. The van der Waals surface area contributed by atoms with Gasteiger partial charge in [0, 0.05) is 19.3 Å². The third-order valence-electron chi connectivity index (χ3n) is 12.4. The molecule has 1 unspecified atom stereocenters. The average Bonchev–Trinajstić information content (AvgIpc) is 3.35. The second-order valence-electron chi connectivity index (χ2n) is 19.2. The van der Waals surface area contributed by atoms with Crippen LogP contribution in [0.5, 0.6) is 0 Å². The van der Waals surface area contributed by atoms with Crippen LogP contribution in [0.15, 0.2) is 85.1 Å². The first kappa shape index (κ1) is 65.6. The van der Waals surface area contributed by atoms with Gasteiger partial charge < -0.3 is 14.2 Å². The van der Waals surface area contributed by atoms with Crippen LogP contribution in [0.3, 0.4) is 0 Å². The molecule has 0 aliphatic heterocycles. The number of hydrogen-bond donors (Lipinski definition) is 0. The first-order valence-corrected chi connectivity index (χ1v) is 29.1. The third kappa shape index (κ3) is 55.4. The lowest BCUT2D eigenvalue weighted by Gasteiger charge is -2.18. The van der Waals surface area contributed by atoms with Gasteiger partial charge in [-0.25, -0.2) is 0 Å². The van der Waals surface area contributed by atoms with Crippen molar-refractivity contribution in [2.75, 3.05) is 13.2 Å². The molecule has 0 aromatic rings. The van der Waals surface area contributed by atoms with Crippen molar-refractivity contribution in [2.24, 2.45) is 0 Å². The SMILES string of the molecule is CC/C=C\C/C=C\C/C=C\C/C=C\C/C=C\CCC(=O)OC(COC(=O)CCCCC/C=C\C=C/CCCCCCCCC)COC(=O)CCCCCCCCCCCCCCCCCCCCC. The summed E-state index contributed by atoms with van der Waals surface area (Å²) < 4.78 is 16.8. The highest BCUT2D eigenvalue weighted by atomic mass is 16.6. The molecule has 0 spiro atoms. The molecular weight excluding hydrogens is 853 g/mol. The summed E-state index contributed by atoms with van der Waals surface area (Å²) in [5.41, 5.74) is 0. The minimum Gasteiger partial charge on any atom is -0.462 e. The van der Waals surface area contributed by atoms with Crippen LogP contribution in [-0.2, 0) is 28.6 Å². The van der Waals surface area contributed by atoms with Crippen LogP contribution in [0.2, 0.25) is 0 Å². The van der Waals surface area contributed by atoms with E-state index in [1.54, 1.807) is 0 Å². The number of allylic oxidation sites excluding steroid dienone is 14. The van der Waals surface area contributed by atoms with Gasteiger partial charge in [-0.2, -0.15) is 0 Å². The summed E-state index contributed by atoms with van der Waals surface area (Å²) in [6.45, 7) is 6.46. The van der Waals surface area contributed by atoms with Crippen LogP contribution < -0.4 is 0 Å². The van der Waals surface area contributed by atoms with Gasteiger partial charge in [-0.05, 0) is 77.0 Å². The van der Waals surface area contributed by atoms with Crippen molar-refractivity contribution in [1.29, 1.82) is 0 Å². The van der Waals surface area contributed by atoms with Gasteiger partial charge in [0.1, 0.15) is 13.2 Å². The van der Waals surface area contributed by atoms with Crippen LogP contribution in [0.25, 0.3) is 0 Å². The number of carbonyl (C=O) groups is 3. The van der Waals surface area contributed by atoms with E-state index in [0.29, 0.717) is 19.3 Å². The highest BCUT2D eigenvalue weighted by Gasteiger charge is 2.19. The van der Waals surface area contributed by atoms with Crippen LogP contribution in [0.4, 0.5) is 0 Å². The van der Waals surface area contributed by atoms with Crippen LogP contribution >= 0.6 is 0 Å². The van der Waals surface area contributed by atoms with E-state index in [0.717, 1.165) is 83.5 Å². The van der Waals surface area contributed by atoms with E-state index in [-0.39, 0.29) is 31.6 Å². The second-order valence-corrected chi connectivity index (χ2v) is 19.2. The van der Waals surface area contributed by atoms with E-state index in [1.165, 1.54) is 148 Å². The summed E-state index contributed by atoms with van der Waals surface area (Å²) in [6, 6.07) is 0. The number of rotatable bonds is 52. The van der Waals surface area contributed by atoms with Gasteiger partial charge in [-0.3, -0.25) is 14.4 Å². The number of carbonyl (C=O) groups excluding carboxylic acids is 3. The summed E-state index contributed by atoms with van der Waals surface area (Å²) in [5, 5.41) is 0. The van der Waals surface area contributed by atoms with E-state index in [2.05, 4.69) is 93.7 Å². The molecule has 0 aliphatic carbocycles. The van der Waals surface area contributed by atoms with Crippen molar-refractivity contribution >= 4 is 17.9 Å². The maximum absolute atomic E-state index is 12.8. The van der Waals surface area contributed by atoms with E-state index in [1.807, 2.05) is 12.2 Å². The van der Waals surface area contributed by atoms with E-state index >= 15 is 0 Å². The Bertz CT molecular complexity index is 1330. The lowest BCUT2D eigenvalue weighted by molar-refractivity contribution is -0.166. The summed E-state index contributed by atoms with van der Waals surface area (Å²) in [6.07, 6.45) is 74.5. The molecule has 0 heterocycles. The van der Waals surface area contributed by atoms with Crippen molar-refractivity contribution < 1.29 is 28.6 Å². The molecule has 0 saturated carbocycles. The topological polar surface area (TPSA) is 78.9 Å². The molecule has 396 valence electrons. The van der Waals surface area contributed by atoms with Crippen molar-refractivity contribution in [2.45, 2.75) is 284 Å². The quantitative estimate of drug-likeness (QED) is 0.0199. The van der Waals surface area contributed by atoms with Crippen molar-refractivity contribution in [3.05, 3.63) is 85.1 Å². The Morgan fingerprint density at radius 1 is 0.319 bits per heavy atom. The van der Waals surface area contributed by atoms with Crippen molar-refractivity contribution in [3.8, 4) is 0 Å². The number of unbranched alkanes of at least 4 members (excludes halogenated alkanes) is 28. The fraction of sp³-hybridized carbons (Fsp3) is 0.730. The zero-order valence-electron chi connectivity index (χ0n) is 45.3. The molecule has 0 aromatic heterocycles. The summed E-state index contributed by atoms with van der Waals surface area (Å²) in [4.78, 5) is 38.1. The van der Waals surface area contributed by atoms with Gasteiger partial charge in [0.25, 0.3) is 0 Å². The molecule has 0 fully saturated rings. The van der Waals surface area contributed by atoms with Gasteiger partial charge in [0.05, 0.1) is 0 Å². The minimum atomic E-state index is -0.826. The molecule has 6 nitrogen and oxygen atoms in total. The second kappa shape index (κ2) is 57.2. The predicted octanol–water partition coefficient (Wildman–Crippen LogP) is 19.5. The number of ether oxygens (including phenoxy) is 3. The molecule has 69 heavy (non-hydrogen) atoms. The minimum absolute atomic E-state index is 0.113. The Hall–Kier alpha value is -3.41. The fourth-order valence-electron chi connectivity index (χ4n) is 8.07. The van der Waals surface area contributed by atoms with E-state index in [9.17, 15) is 14.4 Å². The summed E-state index contributed by atoms with van der Waals surface area (Å²) in [7, 11) is 0.